The predicted octanol–water partition coefficient (Wildman–Crippen LogP) is 26.9. The van der Waals surface area contributed by atoms with Gasteiger partial charge in [-0.2, -0.15) is 0 Å². The van der Waals surface area contributed by atoms with E-state index < -0.39 is 0 Å². The van der Waals surface area contributed by atoms with Crippen molar-refractivity contribution in [3.63, 3.8) is 0 Å². The second kappa shape index (κ2) is 35.7. The van der Waals surface area contributed by atoms with Gasteiger partial charge in [-0.25, -0.2) is 0 Å². The number of amides is 2. The number of carbonyl (C=O) groups is 2. The second-order valence-electron chi connectivity index (χ2n) is 28.8. The SMILES string of the molecule is CCCCCCCCCCC(CCCCCCCC)CN1C(=O)C2=C(c3ccc(-c4ccc(-n5c6ccccc6c6ccccc65)cc4)s3)N(CC(CCCCCCCC)CCCCCCCCCC)C(=O)C2=C1c1ccc(-c2ccc(-n3c4ccccc4c4ccccc43)cc2)s1. The summed E-state index contributed by atoms with van der Waals surface area (Å²) in [6, 6.07) is 61.9. The van der Waals surface area contributed by atoms with Crippen LogP contribution >= 0.6 is 22.7 Å². The Morgan fingerprint density at radius 1 is 0.286 bits per heavy atom. The normalized spacial score (nSPS) is 14.1. The fraction of sp³-hybridized carbons (Fsp3) is 0.444. The average Bonchev–Trinajstić information content (AvgIpc) is 1.55. The number of nitrogens with zero attached hydrogens (tertiary/aromatic N) is 4. The van der Waals surface area contributed by atoms with E-state index >= 15 is 9.59 Å². The first-order valence-electron chi connectivity index (χ1n) is 38.9. The number of unbranched alkanes of at least 4 members (excludes halogenated alkanes) is 24. The number of hydrogen-bond acceptors (Lipinski definition) is 4. The van der Waals surface area contributed by atoms with E-state index in [4.69, 9.17) is 0 Å². The largest absolute Gasteiger partial charge is 0.309 e. The maximum absolute atomic E-state index is 16.5. The first-order valence-corrected chi connectivity index (χ1v) is 40.5. The lowest BCUT2D eigenvalue weighted by Gasteiger charge is -2.29. The molecule has 0 aliphatic carbocycles. The van der Waals surface area contributed by atoms with Gasteiger partial charge in [-0.15, -0.1) is 22.7 Å². The summed E-state index contributed by atoms with van der Waals surface area (Å²) in [5.74, 6) is 0.678. The van der Waals surface area contributed by atoms with Crippen molar-refractivity contribution in [3.05, 3.63) is 191 Å². The average molecular weight is 1340 g/mol. The number of aromatic nitrogens is 2. The van der Waals surface area contributed by atoms with Crippen LogP contribution in [0.1, 0.15) is 243 Å². The molecule has 0 saturated heterocycles. The molecule has 0 radical (unpaired) electrons. The fourth-order valence-electron chi connectivity index (χ4n) is 16.2. The van der Waals surface area contributed by atoms with Gasteiger partial charge in [0, 0.05) is 55.8 Å². The molecule has 2 unspecified atom stereocenters. The summed E-state index contributed by atoms with van der Waals surface area (Å²) in [7, 11) is 0. The van der Waals surface area contributed by atoms with E-state index in [0.29, 0.717) is 36.1 Å². The molecule has 8 heteroatoms. The Balaban J connectivity index is 0.930. The highest BCUT2D eigenvalue weighted by Crippen LogP contribution is 2.51. The van der Waals surface area contributed by atoms with E-state index in [-0.39, 0.29) is 11.8 Å². The molecule has 4 aromatic heterocycles. The van der Waals surface area contributed by atoms with Gasteiger partial charge in [-0.05, 0) is 121 Å². The minimum atomic E-state index is 0.0104. The minimum Gasteiger partial charge on any atom is -0.309 e. The fourth-order valence-corrected chi connectivity index (χ4v) is 18.3. The highest BCUT2D eigenvalue weighted by Gasteiger charge is 2.50. The van der Waals surface area contributed by atoms with E-state index in [9.17, 15) is 0 Å². The zero-order valence-electron chi connectivity index (χ0n) is 59.8. The van der Waals surface area contributed by atoms with Crippen molar-refractivity contribution in [2.45, 2.75) is 233 Å². The third kappa shape index (κ3) is 16.6. The first-order chi connectivity index (χ1) is 48.4. The Bertz CT molecular complexity index is 3880. The van der Waals surface area contributed by atoms with E-state index in [1.165, 1.54) is 223 Å². The van der Waals surface area contributed by atoms with Gasteiger partial charge in [0.15, 0.2) is 0 Å². The van der Waals surface area contributed by atoms with Crippen LogP contribution in [0.25, 0.3) is 87.3 Å². The summed E-state index contributed by atoms with van der Waals surface area (Å²) in [4.78, 5) is 41.6. The number of para-hydroxylation sites is 4. The van der Waals surface area contributed by atoms with E-state index in [1.54, 1.807) is 22.7 Å². The van der Waals surface area contributed by atoms with Crippen molar-refractivity contribution in [1.82, 2.24) is 18.9 Å². The molecule has 514 valence electrons. The number of thiophene rings is 2. The molecule has 0 fully saturated rings. The number of rotatable bonds is 42. The Morgan fingerprint density at radius 2 is 0.541 bits per heavy atom. The quantitative estimate of drug-likeness (QED) is 0.0358. The Morgan fingerprint density at radius 3 is 0.827 bits per heavy atom. The lowest BCUT2D eigenvalue weighted by molar-refractivity contribution is -0.124. The lowest BCUT2D eigenvalue weighted by atomic mass is 9.93. The maximum atomic E-state index is 16.5. The summed E-state index contributed by atoms with van der Waals surface area (Å²) in [5, 5.41) is 5.01. The molecule has 0 saturated carbocycles. The highest BCUT2D eigenvalue weighted by atomic mass is 32.1. The van der Waals surface area contributed by atoms with Gasteiger partial charge < -0.3 is 18.9 Å². The predicted molar refractivity (Wildman–Crippen MR) is 423 cm³/mol. The standard InChI is InChI=1S/C90H110N4O2S2/c1-5-9-13-17-21-23-27-31-43-67(41-29-25-19-15-11-7-3)65-91-87(83-63-61-81(97-83)69-53-57-71(58-54-69)93-77-49-37-33-45-73(77)74-46-34-38-50-78(74)93)85-86(89(91)95)88(92(90(85)96)66-68(42-30-26-20-16-12-8-4)44-32-28-24-22-18-14-10-6-2)84-64-62-82(98-84)70-55-59-72(60-56-70)94-79-51-39-35-47-75(79)76-48-36-40-52-80(76)94/h33-40,45-64,67-68H,5-32,41-44,65-66H2,1-4H3. The number of carbonyl (C=O) groups excluding carboxylic acids is 2. The molecule has 0 N–H and O–H groups in total. The molecular weight excluding hydrogens is 1230 g/mol. The summed E-state index contributed by atoms with van der Waals surface area (Å²) in [5.41, 5.74) is 12.2. The molecule has 2 atom stereocenters. The van der Waals surface area contributed by atoms with Crippen molar-refractivity contribution in [2.24, 2.45) is 11.8 Å². The molecule has 98 heavy (non-hydrogen) atoms. The summed E-state index contributed by atoms with van der Waals surface area (Å²) < 4.78 is 4.77. The second-order valence-corrected chi connectivity index (χ2v) is 31.0. The van der Waals surface area contributed by atoms with Crippen LogP contribution in [0.5, 0.6) is 0 Å². The van der Waals surface area contributed by atoms with Crippen LogP contribution in [0.4, 0.5) is 0 Å². The minimum absolute atomic E-state index is 0.0104. The van der Waals surface area contributed by atoms with E-state index in [1.807, 2.05) is 0 Å². The third-order valence-electron chi connectivity index (χ3n) is 21.6. The van der Waals surface area contributed by atoms with Crippen molar-refractivity contribution < 1.29 is 9.59 Å². The van der Waals surface area contributed by atoms with Gasteiger partial charge in [0.25, 0.3) is 11.8 Å². The molecule has 0 spiro atoms. The van der Waals surface area contributed by atoms with Gasteiger partial charge in [0.2, 0.25) is 0 Å². The van der Waals surface area contributed by atoms with E-state index in [2.05, 4.69) is 216 Å². The molecule has 2 aliphatic rings. The molecule has 6 heterocycles. The molecule has 2 amide bonds. The van der Waals surface area contributed by atoms with Gasteiger partial charge >= 0.3 is 0 Å². The number of benzene rings is 6. The molecule has 6 aromatic carbocycles. The maximum Gasteiger partial charge on any atom is 0.261 e. The first kappa shape index (κ1) is 70.6. The molecule has 0 bridgehead atoms. The monoisotopic (exact) mass is 1340 g/mol. The Labute approximate surface area is 595 Å². The van der Waals surface area contributed by atoms with Crippen molar-refractivity contribution in [1.29, 1.82) is 0 Å². The smallest absolute Gasteiger partial charge is 0.261 e. The van der Waals surface area contributed by atoms with Gasteiger partial charge in [-0.3, -0.25) is 9.59 Å². The van der Waals surface area contributed by atoms with Crippen LogP contribution in [-0.4, -0.2) is 43.8 Å². The van der Waals surface area contributed by atoms with Crippen LogP contribution in [0, 0.1) is 11.8 Å². The van der Waals surface area contributed by atoms with Crippen molar-refractivity contribution in [2.75, 3.05) is 13.1 Å². The van der Waals surface area contributed by atoms with Crippen LogP contribution < -0.4 is 0 Å². The topological polar surface area (TPSA) is 50.5 Å². The van der Waals surface area contributed by atoms with Crippen molar-refractivity contribution in [3.8, 4) is 32.3 Å². The zero-order chi connectivity index (χ0) is 67.4. The van der Waals surface area contributed by atoms with Crippen LogP contribution in [0.15, 0.2) is 181 Å². The van der Waals surface area contributed by atoms with Crippen LogP contribution in [0.3, 0.4) is 0 Å². The molecular formula is C90H110N4O2S2. The highest BCUT2D eigenvalue weighted by molar-refractivity contribution is 7.17. The molecule has 10 aromatic rings. The van der Waals surface area contributed by atoms with Gasteiger partial charge in [0.05, 0.1) is 54.4 Å². The number of hydrogen-bond donors (Lipinski definition) is 0. The molecule has 6 nitrogen and oxygen atoms in total. The van der Waals surface area contributed by atoms with E-state index in [0.717, 1.165) is 79.1 Å². The van der Waals surface area contributed by atoms with Crippen LogP contribution in [-0.2, 0) is 9.59 Å². The van der Waals surface area contributed by atoms with Crippen molar-refractivity contribution >= 4 is 89.5 Å². The Hall–Kier alpha value is -7.26. The molecule has 12 rings (SSSR count). The third-order valence-corrected chi connectivity index (χ3v) is 23.9. The zero-order valence-corrected chi connectivity index (χ0v) is 61.4. The lowest BCUT2D eigenvalue weighted by Crippen LogP contribution is -2.34. The van der Waals surface area contributed by atoms with Crippen LogP contribution in [0.2, 0.25) is 0 Å². The summed E-state index contributed by atoms with van der Waals surface area (Å²) in [6.45, 7) is 10.5. The van der Waals surface area contributed by atoms with Gasteiger partial charge in [-0.1, -0.05) is 305 Å². The Kier molecular flexibility index (Phi) is 25.7. The van der Waals surface area contributed by atoms with Gasteiger partial charge in [0.1, 0.15) is 0 Å². The molecule has 2 aliphatic heterocycles. The summed E-state index contributed by atoms with van der Waals surface area (Å²) >= 11 is 3.48. The summed E-state index contributed by atoms with van der Waals surface area (Å²) in [6.07, 6.45) is 39.8. The number of fused-ring (bicyclic) bond motifs is 7.